The van der Waals surface area contributed by atoms with Gasteiger partial charge in [0.1, 0.15) is 6.04 Å². The fraction of sp³-hybridized carbons (Fsp3) is 0.233. The van der Waals surface area contributed by atoms with Gasteiger partial charge in [0.2, 0.25) is 5.91 Å². The van der Waals surface area contributed by atoms with Crippen molar-refractivity contribution in [2.24, 2.45) is 0 Å². The van der Waals surface area contributed by atoms with Gasteiger partial charge in [-0.15, -0.1) is 0 Å². The molecule has 1 heterocycles. The van der Waals surface area contributed by atoms with Crippen LogP contribution in [0.15, 0.2) is 95.9 Å². The molecule has 0 unspecified atom stereocenters. The lowest BCUT2D eigenvalue weighted by molar-refractivity contribution is -0.122. The maximum Gasteiger partial charge on any atom is 0.265 e. The van der Waals surface area contributed by atoms with Gasteiger partial charge in [0.05, 0.1) is 10.6 Å². The van der Waals surface area contributed by atoms with E-state index in [1.165, 1.54) is 4.31 Å². The van der Waals surface area contributed by atoms with Crippen LogP contribution in [0.5, 0.6) is 0 Å². The van der Waals surface area contributed by atoms with Gasteiger partial charge in [-0.25, -0.2) is 8.42 Å². The molecule has 1 N–H and O–H groups in total. The van der Waals surface area contributed by atoms with E-state index in [0.717, 1.165) is 27.5 Å². The Morgan fingerprint density at radius 1 is 0.889 bits per heavy atom. The van der Waals surface area contributed by atoms with Crippen molar-refractivity contribution in [1.29, 1.82) is 0 Å². The highest BCUT2D eigenvalue weighted by Crippen LogP contribution is 2.37. The Bertz CT molecular complexity index is 1530. The van der Waals surface area contributed by atoms with Crippen molar-refractivity contribution < 1.29 is 13.2 Å². The monoisotopic (exact) mass is 498 g/mol. The molecule has 5 nitrogen and oxygen atoms in total. The lowest BCUT2D eigenvalue weighted by atomic mass is 9.87. The lowest BCUT2D eigenvalue weighted by Gasteiger charge is -2.27. The molecule has 5 rings (SSSR count). The Labute approximate surface area is 212 Å². The van der Waals surface area contributed by atoms with E-state index in [4.69, 9.17) is 0 Å². The van der Waals surface area contributed by atoms with E-state index < -0.39 is 16.1 Å². The van der Waals surface area contributed by atoms with E-state index in [1.807, 2.05) is 66.7 Å². The highest BCUT2D eigenvalue weighted by Gasteiger charge is 2.42. The molecule has 0 saturated heterocycles. The van der Waals surface area contributed by atoms with Crippen LogP contribution >= 0.6 is 0 Å². The smallest absolute Gasteiger partial charge is 0.265 e. The van der Waals surface area contributed by atoms with Gasteiger partial charge >= 0.3 is 0 Å². The summed E-state index contributed by atoms with van der Waals surface area (Å²) in [5.74, 6) is -0.311. The third-order valence-corrected chi connectivity index (χ3v) is 8.68. The normalized spacial score (nSPS) is 15.6. The van der Waals surface area contributed by atoms with Gasteiger partial charge in [0.15, 0.2) is 0 Å². The van der Waals surface area contributed by atoms with E-state index in [0.29, 0.717) is 18.7 Å². The number of hydrogen-bond acceptors (Lipinski definition) is 3. The molecule has 6 heteroatoms. The third kappa shape index (κ3) is 4.37. The largest absolute Gasteiger partial charge is 0.350 e. The summed E-state index contributed by atoms with van der Waals surface area (Å²) in [5.41, 5.74) is 3.35. The molecule has 36 heavy (non-hydrogen) atoms. The van der Waals surface area contributed by atoms with Gasteiger partial charge in [-0.2, -0.15) is 0 Å². The number of anilines is 1. The van der Waals surface area contributed by atoms with Gasteiger partial charge in [0, 0.05) is 13.0 Å². The molecule has 184 valence electrons. The fourth-order valence-corrected chi connectivity index (χ4v) is 6.49. The standard InChI is InChI=1S/C30H30N2O3S/c1-30(2,3)24-15-17-25(18-16-24)36(34,35)32-27-14-7-5-10-22(27)19-28(32)29(33)31-20-23-12-8-11-21-9-4-6-13-26(21)23/h4-18,28H,19-20H2,1-3H3,(H,31,33)/t28-/m0/s1. The Morgan fingerprint density at radius 3 is 2.31 bits per heavy atom. The molecule has 4 aromatic carbocycles. The zero-order valence-corrected chi connectivity index (χ0v) is 21.5. The summed E-state index contributed by atoms with van der Waals surface area (Å²) in [6.07, 6.45) is 0.330. The van der Waals surface area contributed by atoms with Crippen LogP contribution in [0.25, 0.3) is 10.8 Å². The van der Waals surface area contributed by atoms with Crippen molar-refractivity contribution in [1.82, 2.24) is 5.32 Å². The highest BCUT2D eigenvalue weighted by molar-refractivity contribution is 7.93. The second-order valence-electron chi connectivity index (χ2n) is 10.3. The third-order valence-electron chi connectivity index (χ3n) is 6.84. The molecule has 1 atom stereocenters. The Balaban J connectivity index is 1.45. The summed E-state index contributed by atoms with van der Waals surface area (Å²) in [4.78, 5) is 13.7. The van der Waals surface area contributed by atoms with Gasteiger partial charge < -0.3 is 5.32 Å². The molecule has 0 aromatic heterocycles. The minimum absolute atomic E-state index is 0.0907. The van der Waals surface area contributed by atoms with Crippen molar-refractivity contribution in [2.75, 3.05) is 4.31 Å². The van der Waals surface area contributed by atoms with Crippen molar-refractivity contribution in [2.45, 2.75) is 50.1 Å². The van der Waals surface area contributed by atoms with Crippen LogP contribution in [0.2, 0.25) is 0 Å². The van der Waals surface area contributed by atoms with E-state index >= 15 is 0 Å². The first-order valence-corrected chi connectivity index (χ1v) is 13.6. The summed E-state index contributed by atoms with van der Waals surface area (Å²) in [7, 11) is -3.95. The number of nitrogens with one attached hydrogen (secondary N) is 1. The molecule has 0 bridgehead atoms. The Hall–Kier alpha value is -3.64. The number of fused-ring (bicyclic) bond motifs is 2. The average molecular weight is 499 g/mol. The van der Waals surface area contributed by atoms with Crippen LogP contribution in [0.4, 0.5) is 5.69 Å². The molecule has 1 amide bonds. The molecule has 4 aromatic rings. The Morgan fingerprint density at radius 2 is 1.56 bits per heavy atom. The van der Waals surface area contributed by atoms with E-state index in [1.54, 1.807) is 24.3 Å². The topological polar surface area (TPSA) is 66.5 Å². The minimum atomic E-state index is -3.95. The van der Waals surface area contributed by atoms with Crippen LogP contribution in [-0.2, 0) is 33.2 Å². The first-order chi connectivity index (χ1) is 17.2. The van der Waals surface area contributed by atoms with Gasteiger partial charge in [-0.3, -0.25) is 9.10 Å². The number of carbonyl (C=O) groups is 1. The number of amides is 1. The zero-order chi connectivity index (χ0) is 25.5. The Kier molecular flexibility index (Phi) is 6.08. The number of sulfonamides is 1. The summed E-state index contributed by atoms with van der Waals surface area (Å²) < 4.78 is 29.0. The van der Waals surface area contributed by atoms with E-state index in [-0.39, 0.29) is 16.2 Å². The number of nitrogens with zero attached hydrogens (tertiary/aromatic N) is 1. The summed E-state index contributed by atoms with van der Waals surface area (Å²) >= 11 is 0. The molecule has 1 aliphatic heterocycles. The predicted molar refractivity (Wildman–Crippen MR) is 145 cm³/mol. The quantitative estimate of drug-likeness (QED) is 0.391. The second-order valence-corrected chi connectivity index (χ2v) is 12.1. The maximum atomic E-state index is 13.9. The minimum Gasteiger partial charge on any atom is -0.350 e. The molecule has 0 radical (unpaired) electrons. The highest BCUT2D eigenvalue weighted by atomic mass is 32.2. The van der Waals surface area contributed by atoms with E-state index in [9.17, 15) is 13.2 Å². The summed E-state index contributed by atoms with van der Waals surface area (Å²) in [5, 5.41) is 5.17. The predicted octanol–water partition coefficient (Wildman–Crippen LogP) is 5.57. The van der Waals surface area contributed by atoms with Crippen LogP contribution in [0.3, 0.4) is 0 Å². The first-order valence-electron chi connectivity index (χ1n) is 12.1. The number of carbonyl (C=O) groups excluding carboxylic acids is 1. The average Bonchev–Trinajstić information content (AvgIpc) is 3.27. The maximum absolute atomic E-state index is 13.9. The fourth-order valence-electron chi connectivity index (χ4n) is 4.84. The van der Waals surface area contributed by atoms with Crippen molar-refractivity contribution >= 4 is 32.4 Å². The summed E-state index contributed by atoms with van der Waals surface area (Å²) in [6.45, 7) is 6.58. The van der Waals surface area contributed by atoms with Crippen molar-refractivity contribution in [3.8, 4) is 0 Å². The number of para-hydroxylation sites is 1. The molecule has 0 saturated carbocycles. The molecule has 0 aliphatic carbocycles. The molecule has 0 fully saturated rings. The zero-order valence-electron chi connectivity index (χ0n) is 20.7. The van der Waals surface area contributed by atoms with Crippen LogP contribution in [0, 0.1) is 0 Å². The first kappa shape index (κ1) is 24.1. The lowest BCUT2D eigenvalue weighted by Crippen LogP contribution is -2.47. The van der Waals surface area contributed by atoms with E-state index in [2.05, 4.69) is 26.1 Å². The molecular weight excluding hydrogens is 468 g/mol. The van der Waals surface area contributed by atoms with Gasteiger partial charge in [-0.05, 0) is 51.1 Å². The number of benzene rings is 4. The molecule has 0 spiro atoms. The number of rotatable bonds is 5. The van der Waals surface area contributed by atoms with Crippen LogP contribution in [-0.4, -0.2) is 20.4 Å². The number of hydrogen-bond donors (Lipinski definition) is 1. The van der Waals surface area contributed by atoms with Gasteiger partial charge in [-0.1, -0.05) is 93.6 Å². The second kappa shape index (κ2) is 9.10. The molecule has 1 aliphatic rings. The molecular formula is C30H30N2O3S. The summed E-state index contributed by atoms with van der Waals surface area (Å²) in [6, 6.07) is 27.5. The van der Waals surface area contributed by atoms with Crippen LogP contribution < -0.4 is 9.62 Å². The van der Waals surface area contributed by atoms with Crippen molar-refractivity contribution in [3.63, 3.8) is 0 Å². The van der Waals surface area contributed by atoms with Crippen LogP contribution in [0.1, 0.15) is 37.5 Å². The van der Waals surface area contributed by atoms with Crippen molar-refractivity contribution in [3.05, 3.63) is 108 Å². The van der Waals surface area contributed by atoms with Gasteiger partial charge in [0.25, 0.3) is 10.0 Å². The SMILES string of the molecule is CC(C)(C)c1ccc(S(=O)(=O)N2c3ccccc3C[C@H]2C(=O)NCc2cccc3ccccc23)cc1.